The minimum atomic E-state index is -1.40. The minimum Gasteiger partial charge on any atom is -0.484 e. The van der Waals surface area contributed by atoms with Crippen LogP contribution in [0.15, 0.2) is 71.9 Å². The van der Waals surface area contributed by atoms with Gasteiger partial charge in [-0.1, -0.05) is 48.5 Å². The van der Waals surface area contributed by atoms with Gasteiger partial charge in [0.05, 0.1) is 0 Å². The van der Waals surface area contributed by atoms with E-state index in [1.807, 2.05) is 36.4 Å². The average Bonchev–Trinajstić information content (AvgIpc) is 2.89. The number of nitrogens with one attached hydrogen (secondary N) is 1. The van der Waals surface area contributed by atoms with Gasteiger partial charge in [0, 0.05) is 23.8 Å². The number of fused-ring (bicyclic) bond motifs is 1. The van der Waals surface area contributed by atoms with Gasteiger partial charge >= 0.3 is 22.7 Å². The maximum absolute atomic E-state index is 13.8. The van der Waals surface area contributed by atoms with E-state index in [0.29, 0.717) is 17.1 Å². The van der Waals surface area contributed by atoms with Crippen molar-refractivity contribution in [2.24, 2.45) is 0 Å². The minimum absolute atomic E-state index is 0.218. The molecule has 1 fully saturated rings. The van der Waals surface area contributed by atoms with Crippen molar-refractivity contribution in [2.45, 2.75) is 22.9 Å². The standard InChI is InChI=1S/C25H23BrN2O7S2/c1-16(29)34-12-18-14-36-24-25(23(33)28(24)21(18)22(31)32,37(26)15-17-8-4-2-5-9-17)27-20(30)13-35-19-10-6-3-7-11-19/h2-11,24H,12-15H2,1H3,(H-,27,30,31,32)/p+1/t24-,25-,37?/m1/s1. The molecule has 9 nitrogen and oxygen atoms in total. The smallest absolute Gasteiger partial charge is 0.352 e. The van der Waals surface area contributed by atoms with Gasteiger partial charge in [-0.2, -0.15) is 0 Å². The number of carbonyl (C=O) groups is 4. The Kier molecular flexibility index (Phi) is 8.50. The summed E-state index contributed by atoms with van der Waals surface area (Å²) >= 11 is 4.99. The molecule has 2 heterocycles. The van der Waals surface area contributed by atoms with Crippen LogP contribution in [0.3, 0.4) is 0 Å². The summed E-state index contributed by atoms with van der Waals surface area (Å²) in [7, 11) is -0.893. The van der Waals surface area contributed by atoms with Gasteiger partial charge in [-0.15, -0.1) is 11.8 Å². The first-order valence-corrected chi connectivity index (χ1v) is 15.5. The van der Waals surface area contributed by atoms with E-state index in [1.165, 1.54) is 23.6 Å². The highest BCUT2D eigenvalue weighted by Crippen LogP contribution is 2.51. The monoisotopic (exact) mass is 607 g/mol. The molecule has 4 rings (SSSR count). The number of thioether (sulfide) groups is 1. The first kappa shape index (κ1) is 27.1. The highest BCUT2D eigenvalue weighted by molar-refractivity contribution is 9.48. The first-order chi connectivity index (χ1) is 17.7. The Morgan fingerprint density at radius 3 is 2.43 bits per heavy atom. The molecular weight excluding hydrogens is 584 g/mol. The molecule has 0 aliphatic carbocycles. The van der Waals surface area contributed by atoms with Crippen molar-refractivity contribution >= 4 is 59.7 Å². The normalized spacial score (nSPS) is 21.4. The van der Waals surface area contributed by atoms with Crippen LogP contribution in [-0.4, -0.2) is 63.0 Å². The van der Waals surface area contributed by atoms with E-state index < -0.39 is 43.3 Å². The zero-order valence-electron chi connectivity index (χ0n) is 19.7. The number of amides is 2. The quantitative estimate of drug-likeness (QED) is 0.240. The number of carboxylic acids is 1. The molecule has 0 radical (unpaired) electrons. The van der Waals surface area contributed by atoms with Crippen LogP contribution in [0.5, 0.6) is 5.75 Å². The second-order valence-corrected chi connectivity index (χ2v) is 13.2. The van der Waals surface area contributed by atoms with Gasteiger partial charge in [0.15, 0.2) is 12.0 Å². The van der Waals surface area contributed by atoms with Crippen molar-refractivity contribution in [3.05, 3.63) is 77.5 Å². The molecule has 2 aliphatic rings. The number of halogens is 1. The SMILES string of the molecule is CC(=O)OCC1=C(C(=O)O)N2C(=O)[C@@](NC(=O)COc3ccccc3)([S+](Br)Cc3ccccc3)[C@H]2SC1. The molecule has 0 aromatic heterocycles. The van der Waals surface area contributed by atoms with E-state index in [1.54, 1.807) is 24.3 Å². The van der Waals surface area contributed by atoms with Crippen molar-refractivity contribution in [1.29, 1.82) is 0 Å². The third-order valence-corrected chi connectivity index (χ3v) is 11.2. The molecule has 37 heavy (non-hydrogen) atoms. The number of para-hydroxylation sites is 1. The molecule has 2 N–H and O–H groups in total. The van der Waals surface area contributed by atoms with Gasteiger partial charge in [0.25, 0.3) is 5.91 Å². The topological polar surface area (TPSA) is 122 Å². The van der Waals surface area contributed by atoms with Crippen LogP contribution in [0.1, 0.15) is 12.5 Å². The molecule has 2 aromatic rings. The van der Waals surface area contributed by atoms with Crippen LogP contribution < -0.4 is 10.1 Å². The van der Waals surface area contributed by atoms with Crippen molar-refractivity contribution in [1.82, 2.24) is 10.2 Å². The number of rotatable bonds is 10. The lowest BCUT2D eigenvalue weighted by Crippen LogP contribution is -2.82. The second-order valence-electron chi connectivity index (χ2n) is 8.22. The highest BCUT2D eigenvalue weighted by atomic mass is 79.9. The van der Waals surface area contributed by atoms with Gasteiger partial charge in [-0.05, 0) is 12.1 Å². The van der Waals surface area contributed by atoms with Crippen LogP contribution in [-0.2, 0) is 39.0 Å². The predicted octanol–water partition coefficient (Wildman–Crippen LogP) is 2.82. The summed E-state index contributed by atoms with van der Waals surface area (Å²) in [6, 6.07) is 18.3. The number of carbonyl (C=O) groups excluding carboxylic acids is 3. The van der Waals surface area contributed by atoms with Crippen LogP contribution in [0.25, 0.3) is 0 Å². The molecule has 3 atom stereocenters. The second kappa shape index (κ2) is 11.6. The zero-order chi connectivity index (χ0) is 26.6. The summed E-state index contributed by atoms with van der Waals surface area (Å²) < 4.78 is 10.6. The Morgan fingerprint density at radius 2 is 1.81 bits per heavy atom. The summed E-state index contributed by atoms with van der Waals surface area (Å²) in [6.45, 7) is 0.687. The van der Waals surface area contributed by atoms with Gasteiger partial charge in [0.2, 0.25) is 14.8 Å². The van der Waals surface area contributed by atoms with Gasteiger partial charge in [-0.3, -0.25) is 24.6 Å². The fourth-order valence-corrected chi connectivity index (χ4v) is 9.79. The lowest BCUT2D eigenvalue weighted by atomic mass is 10.0. The number of β-lactam (4-membered cyclic amide) rings is 1. The van der Waals surface area contributed by atoms with Crippen molar-refractivity contribution in [3.63, 3.8) is 0 Å². The van der Waals surface area contributed by atoms with Crippen molar-refractivity contribution < 1.29 is 33.8 Å². The fourth-order valence-electron chi connectivity index (χ4n) is 4.01. The predicted molar refractivity (Wildman–Crippen MR) is 144 cm³/mol. The van der Waals surface area contributed by atoms with Crippen LogP contribution in [0.4, 0.5) is 0 Å². The molecule has 1 saturated heterocycles. The Bertz CT molecular complexity index is 1230. The molecule has 2 amide bonds. The summed E-state index contributed by atoms with van der Waals surface area (Å²) in [4.78, 5) is 50.1. The lowest BCUT2D eigenvalue weighted by Gasteiger charge is -2.53. The summed E-state index contributed by atoms with van der Waals surface area (Å²) in [5.41, 5.74) is 1.06. The van der Waals surface area contributed by atoms with E-state index >= 15 is 0 Å². The maximum atomic E-state index is 13.8. The number of nitrogens with zero attached hydrogens (tertiary/aromatic N) is 1. The number of hydrogen-bond donors (Lipinski definition) is 2. The van der Waals surface area contributed by atoms with Crippen LogP contribution in [0, 0.1) is 0 Å². The van der Waals surface area contributed by atoms with Gasteiger partial charge < -0.3 is 14.6 Å². The van der Waals surface area contributed by atoms with Crippen LogP contribution >= 0.6 is 26.6 Å². The average molecular weight is 609 g/mol. The Balaban J connectivity index is 1.62. The lowest BCUT2D eigenvalue weighted by molar-refractivity contribution is -0.153. The highest BCUT2D eigenvalue weighted by Gasteiger charge is 2.75. The number of ether oxygens (including phenoxy) is 2. The third-order valence-electron chi connectivity index (χ3n) is 5.69. The molecule has 194 valence electrons. The van der Waals surface area contributed by atoms with E-state index in [-0.39, 0.29) is 24.7 Å². The van der Waals surface area contributed by atoms with Crippen LogP contribution in [0.2, 0.25) is 0 Å². The van der Waals surface area contributed by atoms with Gasteiger partial charge in [-0.25, -0.2) is 4.79 Å². The molecule has 0 bridgehead atoms. The van der Waals surface area contributed by atoms with E-state index in [9.17, 15) is 24.3 Å². The number of carboxylic acid groups (broad SMARTS) is 1. The summed E-state index contributed by atoms with van der Waals surface area (Å²) in [5.74, 6) is -1.75. The van der Waals surface area contributed by atoms with Crippen molar-refractivity contribution in [3.8, 4) is 5.75 Å². The zero-order valence-corrected chi connectivity index (χ0v) is 22.9. The molecule has 1 unspecified atom stereocenters. The number of esters is 1. The summed E-state index contributed by atoms with van der Waals surface area (Å²) in [5, 5.41) is 12.1. The van der Waals surface area contributed by atoms with E-state index in [4.69, 9.17) is 9.47 Å². The molecular formula is C25H24BrN2O7S2+. The Labute approximate surface area is 228 Å². The molecule has 2 aromatic carbocycles. The number of aliphatic carboxylic acids is 1. The summed E-state index contributed by atoms with van der Waals surface area (Å²) in [6.07, 6.45) is 0. The number of hydrogen-bond acceptors (Lipinski definition) is 7. The molecule has 0 spiro atoms. The van der Waals surface area contributed by atoms with Crippen molar-refractivity contribution in [2.75, 3.05) is 19.0 Å². The third kappa shape index (κ3) is 5.65. The fraction of sp³-hybridized carbons (Fsp3) is 0.280. The van der Waals surface area contributed by atoms with E-state index in [2.05, 4.69) is 20.1 Å². The largest absolute Gasteiger partial charge is 0.484 e. The number of benzene rings is 2. The van der Waals surface area contributed by atoms with E-state index in [0.717, 1.165) is 5.56 Å². The van der Waals surface area contributed by atoms with Gasteiger partial charge in [0.1, 0.15) is 33.1 Å². The Hall–Kier alpha value is -2.96. The molecule has 12 heteroatoms. The molecule has 2 aliphatic heterocycles. The molecule has 0 saturated carbocycles. The Morgan fingerprint density at radius 1 is 1.16 bits per heavy atom. The maximum Gasteiger partial charge on any atom is 0.352 e. The first-order valence-electron chi connectivity index (χ1n) is 11.2.